The maximum absolute atomic E-state index is 12.4. The van der Waals surface area contributed by atoms with Crippen molar-refractivity contribution in [2.45, 2.75) is 58.2 Å². The normalized spacial score (nSPS) is 22.0. The van der Waals surface area contributed by atoms with E-state index in [1.807, 2.05) is 37.3 Å². The van der Waals surface area contributed by atoms with Crippen LogP contribution in [0.3, 0.4) is 0 Å². The lowest BCUT2D eigenvalue weighted by Gasteiger charge is -2.31. The second-order valence-electron chi connectivity index (χ2n) is 6.91. The number of hydrogen-bond acceptors (Lipinski definition) is 4. The molecule has 134 valence electrons. The van der Waals surface area contributed by atoms with Crippen LogP contribution in [-0.4, -0.2) is 50.7 Å². The Kier molecular flexibility index (Phi) is 5.48. The van der Waals surface area contributed by atoms with Gasteiger partial charge in [-0.05, 0) is 33.6 Å². The molecule has 6 nitrogen and oxygen atoms in total. The average molecular weight is 341 g/mol. The van der Waals surface area contributed by atoms with E-state index in [4.69, 9.17) is 0 Å². The fourth-order valence-corrected chi connectivity index (χ4v) is 3.69. The third kappa shape index (κ3) is 4.07. The van der Waals surface area contributed by atoms with E-state index in [9.17, 15) is 4.79 Å². The summed E-state index contributed by atoms with van der Waals surface area (Å²) in [6.07, 6.45) is 2.97. The van der Waals surface area contributed by atoms with Crippen molar-refractivity contribution in [3.63, 3.8) is 0 Å². The van der Waals surface area contributed by atoms with Crippen molar-refractivity contribution in [1.29, 1.82) is 0 Å². The fraction of sp³-hybridized carbons (Fsp3) is 0.526. The number of nitrogens with one attached hydrogen (secondary N) is 2. The Bertz CT molecular complexity index is 689. The molecule has 3 atom stereocenters. The van der Waals surface area contributed by atoms with Gasteiger partial charge in [0.1, 0.15) is 5.82 Å². The summed E-state index contributed by atoms with van der Waals surface area (Å²) in [6.45, 7) is 6.96. The molecule has 0 spiro atoms. The Labute approximate surface area is 149 Å². The van der Waals surface area contributed by atoms with Gasteiger partial charge in [0.25, 0.3) is 0 Å². The summed E-state index contributed by atoms with van der Waals surface area (Å²) >= 11 is 0. The number of H-pyrrole nitrogens is 1. The second-order valence-corrected chi connectivity index (χ2v) is 6.91. The quantitative estimate of drug-likeness (QED) is 0.846. The standard InChI is InChI=1S/C19H27N5O/c1-13-9-10-14(2)24(13)15(3)19(25)20-12-11-17-21-18(23-22-17)16-7-5-4-6-8-16/h4-8,13-15H,9-12H2,1-3H3,(H,20,25)(H,21,22,23)/t13-,14-,15-/m1/s1. The average Bonchev–Trinajstić information content (AvgIpc) is 3.22. The zero-order valence-electron chi connectivity index (χ0n) is 15.2. The first-order valence-electron chi connectivity index (χ1n) is 9.08. The van der Waals surface area contributed by atoms with Crippen LogP contribution in [0.1, 0.15) is 39.4 Å². The van der Waals surface area contributed by atoms with Crippen molar-refractivity contribution in [1.82, 2.24) is 25.4 Å². The van der Waals surface area contributed by atoms with Gasteiger partial charge >= 0.3 is 0 Å². The number of amides is 1. The number of carbonyl (C=O) groups excluding carboxylic acids is 1. The SMILES string of the molecule is C[C@@H]1CC[C@@H](C)N1[C@H](C)C(=O)NCCc1nc(-c2ccccc2)n[nH]1. The van der Waals surface area contributed by atoms with Crippen LogP contribution in [0.25, 0.3) is 11.4 Å². The van der Waals surface area contributed by atoms with Crippen molar-refractivity contribution in [2.24, 2.45) is 0 Å². The van der Waals surface area contributed by atoms with Crippen LogP contribution < -0.4 is 5.32 Å². The lowest BCUT2D eigenvalue weighted by molar-refractivity contribution is -0.126. The van der Waals surface area contributed by atoms with Gasteiger partial charge in [0.2, 0.25) is 5.91 Å². The monoisotopic (exact) mass is 341 g/mol. The predicted molar refractivity (Wildman–Crippen MR) is 98.0 cm³/mol. The van der Waals surface area contributed by atoms with E-state index in [1.54, 1.807) is 0 Å². The van der Waals surface area contributed by atoms with Gasteiger partial charge in [0.05, 0.1) is 6.04 Å². The lowest BCUT2D eigenvalue weighted by Crippen LogP contribution is -2.49. The Hall–Kier alpha value is -2.21. The molecule has 0 radical (unpaired) electrons. The topological polar surface area (TPSA) is 73.9 Å². The Balaban J connectivity index is 1.50. The molecule has 1 aliphatic rings. The van der Waals surface area contributed by atoms with Gasteiger partial charge < -0.3 is 5.32 Å². The van der Waals surface area contributed by atoms with Crippen LogP contribution in [0.5, 0.6) is 0 Å². The summed E-state index contributed by atoms with van der Waals surface area (Å²) < 4.78 is 0. The second kappa shape index (κ2) is 7.78. The number of nitrogens with zero attached hydrogens (tertiary/aromatic N) is 3. The molecule has 6 heteroatoms. The molecule has 0 unspecified atom stereocenters. The number of hydrogen-bond donors (Lipinski definition) is 2. The molecule has 0 bridgehead atoms. The predicted octanol–water partition coefficient (Wildman–Crippen LogP) is 2.39. The van der Waals surface area contributed by atoms with Gasteiger partial charge in [-0.15, -0.1) is 0 Å². The molecule has 1 aromatic heterocycles. The van der Waals surface area contributed by atoms with Gasteiger partial charge in [-0.3, -0.25) is 14.8 Å². The molecule has 2 heterocycles. The third-order valence-corrected chi connectivity index (χ3v) is 5.07. The molecule has 2 N–H and O–H groups in total. The molecule has 1 fully saturated rings. The van der Waals surface area contributed by atoms with Crippen molar-refractivity contribution < 1.29 is 4.79 Å². The zero-order valence-corrected chi connectivity index (χ0v) is 15.2. The minimum absolute atomic E-state index is 0.0865. The molecule has 1 amide bonds. The summed E-state index contributed by atoms with van der Waals surface area (Å²) in [5, 5.41) is 10.2. The fourth-order valence-electron chi connectivity index (χ4n) is 3.69. The summed E-state index contributed by atoms with van der Waals surface area (Å²) in [4.78, 5) is 19.3. The highest BCUT2D eigenvalue weighted by atomic mass is 16.2. The molecule has 25 heavy (non-hydrogen) atoms. The van der Waals surface area contributed by atoms with E-state index >= 15 is 0 Å². The first-order chi connectivity index (χ1) is 12.1. The maximum atomic E-state index is 12.4. The van der Waals surface area contributed by atoms with Gasteiger partial charge in [-0.1, -0.05) is 30.3 Å². The minimum Gasteiger partial charge on any atom is -0.354 e. The van der Waals surface area contributed by atoms with Crippen LogP contribution in [0.15, 0.2) is 30.3 Å². The Morgan fingerprint density at radius 2 is 1.96 bits per heavy atom. The largest absolute Gasteiger partial charge is 0.354 e. The molecule has 1 aromatic carbocycles. The van der Waals surface area contributed by atoms with Gasteiger partial charge in [0.15, 0.2) is 5.82 Å². The van der Waals surface area contributed by atoms with E-state index < -0.39 is 0 Å². The summed E-state index contributed by atoms with van der Waals surface area (Å²) in [7, 11) is 0. The molecule has 3 rings (SSSR count). The maximum Gasteiger partial charge on any atom is 0.237 e. The molecular formula is C19H27N5O. The molecular weight excluding hydrogens is 314 g/mol. The van der Waals surface area contributed by atoms with E-state index in [1.165, 1.54) is 12.8 Å². The van der Waals surface area contributed by atoms with E-state index in [0.29, 0.717) is 30.9 Å². The van der Waals surface area contributed by atoms with Crippen molar-refractivity contribution in [3.8, 4) is 11.4 Å². The van der Waals surface area contributed by atoms with E-state index in [0.717, 1.165) is 11.4 Å². The Morgan fingerprint density at radius 1 is 1.28 bits per heavy atom. The number of rotatable bonds is 6. The summed E-state index contributed by atoms with van der Waals surface area (Å²) in [5.41, 5.74) is 0.986. The lowest BCUT2D eigenvalue weighted by atomic mass is 10.2. The number of carbonyl (C=O) groups is 1. The van der Waals surface area contributed by atoms with E-state index in [-0.39, 0.29) is 11.9 Å². The Morgan fingerprint density at radius 3 is 2.64 bits per heavy atom. The van der Waals surface area contributed by atoms with E-state index in [2.05, 4.69) is 39.2 Å². The van der Waals surface area contributed by atoms with Crippen LogP contribution in [0, 0.1) is 0 Å². The number of aromatic amines is 1. The van der Waals surface area contributed by atoms with Gasteiger partial charge in [-0.2, -0.15) is 5.10 Å². The van der Waals surface area contributed by atoms with Crippen molar-refractivity contribution in [3.05, 3.63) is 36.2 Å². The third-order valence-electron chi connectivity index (χ3n) is 5.07. The highest BCUT2D eigenvalue weighted by Crippen LogP contribution is 2.25. The highest BCUT2D eigenvalue weighted by Gasteiger charge is 2.34. The molecule has 0 aliphatic carbocycles. The summed E-state index contributed by atoms with van der Waals surface area (Å²) in [5.74, 6) is 1.56. The molecule has 1 saturated heterocycles. The van der Waals surface area contributed by atoms with Gasteiger partial charge in [0, 0.05) is 30.6 Å². The summed E-state index contributed by atoms with van der Waals surface area (Å²) in [6, 6.07) is 10.7. The van der Waals surface area contributed by atoms with Crippen LogP contribution in [-0.2, 0) is 11.2 Å². The molecule has 2 aromatic rings. The zero-order chi connectivity index (χ0) is 17.8. The first-order valence-corrected chi connectivity index (χ1v) is 9.08. The van der Waals surface area contributed by atoms with Crippen LogP contribution in [0.4, 0.5) is 0 Å². The van der Waals surface area contributed by atoms with Crippen LogP contribution in [0.2, 0.25) is 0 Å². The molecule has 0 saturated carbocycles. The molecule has 1 aliphatic heterocycles. The van der Waals surface area contributed by atoms with Crippen LogP contribution >= 0.6 is 0 Å². The number of aromatic nitrogens is 3. The minimum atomic E-state index is -0.0953. The smallest absolute Gasteiger partial charge is 0.237 e. The highest BCUT2D eigenvalue weighted by molar-refractivity contribution is 5.81. The van der Waals surface area contributed by atoms with Crippen molar-refractivity contribution in [2.75, 3.05) is 6.54 Å². The first kappa shape index (κ1) is 17.6. The number of benzene rings is 1. The van der Waals surface area contributed by atoms with Gasteiger partial charge in [-0.25, -0.2) is 4.98 Å². The number of likely N-dealkylation sites (tertiary alicyclic amines) is 1. The van der Waals surface area contributed by atoms with Crippen molar-refractivity contribution >= 4 is 5.91 Å².